The summed E-state index contributed by atoms with van der Waals surface area (Å²) in [5, 5.41) is 0. The van der Waals surface area contributed by atoms with Crippen molar-refractivity contribution in [1.29, 1.82) is 0 Å². The molecule has 1 saturated heterocycles. The number of oxazole rings is 1. The molecule has 112 valence electrons. The van der Waals surface area contributed by atoms with Crippen molar-refractivity contribution in [3.63, 3.8) is 0 Å². The lowest BCUT2D eigenvalue weighted by atomic mass is 9.68. The Morgan fingerprint density at radius 2 is 1.81 bits per heavy atom. The molecular weight excluding hydrogens is 262 g/mol. The van der Waals surface area contributed by atoms with Crippen molar-refractivity contribution in [2.75, 3.05) is 23.7 Å². The van der Waals surface area contributed by atoms with Gasteiger partial charge in [0.15, 0.2) is 5.58 Å². The number of hydrogen-bond donors (Lipinski definition) is 1. The van der Waals surface area contributed by atoms with Crippen LogP contribution in [0.25, 0.3) is 11.1 Å². The largest absolute Gasteiger partial charge is 0.423 e. The fourth-order valence-electron chi connectivity index (χ4n) is 4.07. The summed E-state index contributed by atoms with van der Waals surface area (Å²) in [5.41, 5.74) is 8.87. The van der Waals surface area contributed by atoms with Crippen LogP contribution in [0.1, 0.15) is 44.9 Å². The van der Waals surface area contributed by atoms with E-state index in [0.717, 1.165) is 30.2 Å². The standard InChI is InChI=1S/C17H23N3O/c18-13-5-4-6-14-15(13)19-16(21-14)20-11-9-17(10-12-20)7-2-1-3-8-17/h4-6H,1-3,7-12,18H2. The van der Waals surface area contributed by atoms with Crippen LogP contribution in [0.2, 0.25) is 0 Å². The number of nitrogen functional groups attached to an aromatic ring is 1. The zero-order valence-corrected chi connectivity index (χ0v) is 12.5. The van der Waals surface area contributed by atoms with Crippen LogP contribution in [0, 0.1) is 5.41 Å². The Balaban J connectivity index is 1.53. The van der Waals surface area contributed by atoms with Crippen molar-refractivity contribution in [1.82, 2.24) is 4.98 Å². The van der Waals surface area contributed by atoms with Crippen molar-refractivity contribution >= 4 is 22.8 Å². The molecule has 2 aromatic rings. The van der Waals surface area contributed by atoms with Gasteiger partial charge in [-0.1, -0.05) is 25.3 Å². The topological polar surface area (TPSA) is 55.3 Å². The number of nitrogens with two attached hydrogens (primary N) is 1. The van der Waals surface area contributed by atoms with E-state index >= 15 is 0 Å². The highest BCUT2D eigenvalue weighted by atomic mass is 16.4. The maximum absolute atomic E-state index is 5.97. The molecule has 0 radical (unpaired) electrons. The van der Waals surface area contributed by atoms with E-state index in [2.05, 4.69) is 9.88 Å². The van der Waals surface area contributed by atoms with Gasteiger partial charge in [-0.2, -0.15) is 4.98 Å². The Morgan fingerprint density at radius 1 is 1.05 bits per heavy atom. The van der Waals surface area contributed by atoms with E-state index in [1.165, 1.54) is 44.9 Å². The number of rotatable bonds is 1. The molecular formula is C17H23N3O. The first kappa shape index (κ1) is 13.0. The summed E-state index contributed by atoms with van der Waals surface area (Å²) in [5.74, 6) is 0. The van der Waals surface area contributed by atoms with E-state index in [1.54, 1.807) is 0 Å². The molecule has 2 N–H and O–H groups in total. The molecule has 1 aromatic heterocycles. The van der Waals surface area contributed by atoms with Gasteiger partial charge in [-0.05, 0) is 43.2 Å². The number of fused-ring (bicyclic) bond motifs is 1. The molecule has 1 aliphatic heterocycles. The first-order valence-corrected chi connectivity index (χ1v) is 8.16. The summed E-state index contributed by atoms with van der Waals surface area (Å²) < 4.78 is 5.90. The minimum absolute atomic E-state index is 0.611. The van der Waals surface area contributed by atoms with Gasteiger partial charge in [0, 0.05) is 13.1 Å². The van der Waals surface area contributed by atoms with Gasteiger partial charge in [0.05, 0.1) is 5.69 Å². The molecule has 2 aliphatic rings. The Hall–Kier alpha value is -1.71. The monoisotopic (exact) mass is 285 g/mol. The minimum Gasteiger partial charge on any atom is -0.423 e. The maximum Gasteiger partial charge on any atom is 0.298 e. The summed E-state index contributed by atoms with van der Waals surface area (Å²) in [7, 11) is 0. The van der Waals surface area contributed by atoms with Crippen LogP contribution in [-0.4, -0.2) is 18.1 Å². The number of piperidine rings is 1. The highest BCUT2D eigenvalue weighted by molar-refractivity contribution is 5.86. The maximum atomic E-state index is 5.97. The molecule has 1 saturated carbocycles. The molecule has 4 nitrogen and oxygen atoms in total. The van der Waals surface area contributed by atoms with Crippen molar-refractivity contribution in [2.45, 2.75) is 44.9 Å². The molecule has 1 aromatic carbocycles. The highest BCUT2D eigenvalue weighted by Crippen LogP contribution is 2.45. The summed E-state index contributed by atoms with van der Waals surface area (Å²) in [6, 6.07) is 6.48. The van der Waals surface area contributed by atoms with Crippen LogP contribution in [-0.2, 0) is 0 Å². The Morgan fingerprint density at radius 3 is 2.52 bits per heavy atom. The van der Waals surface area contributed by atoms with Gasteiger partial charge < -0.3 is 15.1 Å². The normalized spacial score (nSPS) is 22.0. The smallest absolute Gasteiger partial charge is 0.298 e. The zero-order valence-electron chi connectivity index (χ0n) is 12.5. The fraction of sp³-hybridized carbons (Fsp3) is 0.588. The van der Waals surface area contributed by atoms with E-state index in [4.69, 9.17) is 10.2 Å². The predicted molar refractivity (Wildman–Crippen MR) is 85.4 cm³/mol. The summed E-state index contributed by atoms with van der Waals surface area (Å²) >= 11 is 0. The molecule has 4 rings (SSSR count). The first-order valence-electron chi connectivity index (χ1n) is 8.16. The lowest BCUT2D eigenvalue weighted by molar-refractivity contribution is 0.142. The molecule has 21 heavy (non-hydrogen) atoms. The van der Waals surface area contributed by atoms with E-state index in [1.807, 2.05) is 18.2 Å². The average Bonchev–Trinajstić information content (AvgIpc) is 2.94. The third-order valence-electron chi connectivity index (χ3n) is 5.45. The third kappa shape index (κ3) is 2.27. The summed E-state index contributed by atoms with van der Waals surface area (Å²) in [6.45, 7) is 2.12. The van der Waals surface area contributed by atoms with Crippen LogP contribution < -0.4 is 10.6 Å². The molecule has 1 aliphatic carbocycles. The van der Waals surface area contributed by atoms with Gasteiger partial charge in [0.2, 0.25) is 0 Å². The van der Waals surface area contributed by atoms with Crippen LogP contribution in [0.3, 0.4) is 0 Å². The predicted octanol–water partition coefficient (Wildman–Crippen LogP) is 3.96. The lowest BCUT2D eigenvalue weighted by Crippen LogP contribution is -2.41. The molecule has 0 amide bonds. The second-order valence-electron chi connectivity index (χ2n) is 6.74. The van der Waals surface area contributed by atoms with E-state index in [-0.39, 0.29) is 0 Å². The number of para-hydroxylation sites is 1. The Labute approximate surface area is 125 Å². The van der Waals surface area contributed by atoms with E-state index in [0.29, 0.717) is 11.1 Å². The summed E-state index contributed by atoms with van der Waals surface area (Å²) in [6.07, 6.45) is 9.65. The van der Waals surface area contributed by atoms with Gasteiger partial charge in [-0.3, -0.25) is 0 Å². The van der Waals surface area contributed by atoms with E-state index in [9.17, 15) is 0 Å². The van der Waals surface area contributed by atoms with Gasteiger partial charge >= 0.3 is 0 Å². The van der Waals surface area contributed by atoms with Crippen LogP contribution in [0.5, 0.6) is 0 Å². The fourth-order valence-corrected chi connectivity index (χ4v) is 4.07. The molecule has 2 fully saturated rings. The molecule has 0 atom stereocenters. The average molecular weight is 285 g/mol. The number of anilines is 2. The Bertz CT molecular complexity index is 633. The first-order chi connectivity index (χ1) is 10.3. The minimum atomic E-state index is 0.611. The summed E-state index contributed by atoms with van der Waals surface area (Å²) in [4.78, 5) is 6.89. The quantitative estimate of drug-likeness (QED) is 0.806. The number of benzene rings is 1. The lowest BCUT2D eigenvalue weighted by Gasteiger charge is -2.43. The third-order valence-corrected chi connectivity index (χ3v) is 5.45. The second-order valence-corrected chi connectivity index (χ2v) is 6.74. The zero-order chi connectivity index (χ0) is 14.3. The van der Waals surface area contributed by atoms with Crippen molar-refractivity contribution < 1.29 is 4.42 Å². The van der Waals surface area contributed by atoms with E-state index < -0.39 is 0 Å². The van der Waals surface area contributed by atoms with Gasteiger partial charge in [-0.25, -0.2) is 0 Å². The van der Waals surface area contributed by atoms with Gasteiger partial charge in [0.25, 0.3) is 6.01 Å². The van der Waals surface area contributed by atoms with Crippen LogP contribution in [0.4, 0.5) is 11.7 Å². The molecule has 4 heteroatoms. The van der Waals surface area contributed by atoms with Gasteiger partial charge in [-0.15, -0.1) is 0 Å². The van der Waals surface area contributed by atoms with Crippen molar-refractivity contribution in [3.05, 3.63) is 18.2 Å². The molecule has 0 bridgehead atoms. The second kappa shape index (κ2) is 4.93. The number of aromatic nitrogens is 1. The number of hydrogen-bond acceptors (Lipinski definition) is 4. The highest BCUT2D eigenvalue weighted by Gasteiger charge is 2.36. The van der Waals surface area contributed by atoms with Crippen molar-refractivity contribution in [3.8, 4) is 0 Å². The molecule has 0 unspecified atom stereocenters. The van der Waals surface area contributed by atoms with Crippen LogP contribution in [0.15, 0.2) is 22.6 Å². The number of nitrogens with zero attached hydrogens (tertiary/aromatic N) is 2. The molecule has 2 heterocycles. The molecule has 1 spiro atoms. The van der Waals surface area contributed by atoms with Gasteiger partial charge in [0.1, 0.15) is 5.52 Å². The van der Waals surface area contributed by atoms with Crippen LogP contribution >= 0.6 is 0 Å². The Kier molecular flexibility index (Phi) is 3.05. The SMILES string of the molecule is Nc1cccc2oc(N3CCC4(CCCCC4)CC3)nc12. The van der Waals surface area contributed by atoms with Crippen molar-refractivity contribution in [2.24, 2.45) is 5.41 Å².